The minimum Gasteiger partial charge on any atom is -0.322 e. The quantitative estimate of drug-likeness (QED) is 0.660. The standard InChI is InChI=1S/C20H21N3O4/c1-20(2,3)19(25)22-11-10-14-12-15(6-9-17(14)22)21-18(24)13-4-7-16(8-5-13)23(26)27/h4-9,12H,10-11H2,1-3H3,(H,21,24). The summed E-state index contributed by atoms with van der Waals surface area (Å²) in [4.78, 5) is 36.9. The number of nitrogens with one attached hydrogen (secondary N) is 1. The molecule has 27 heavy (non-hydrogen) atoms. The third-order valence-electron chi connectivity index (χ3n) is 4.46. The van der Waals surface area contributed by atoms with Crippen LogP contribution in [0.3, 0.4) is 0 Å². The molecule has 7 heteroatoms. The average molecular weight is 367 g/mol. The zero-order chi connectivity index (χ0) is 19.8. The fraction of sp³-hybridized carbons (Fsp3) is 0.300. The number of carbonyl (C=O) groups excluding carboxylic acids is 2. The molecular weight excluding hydrogens is 346 g/mol. The van der Waals surface area contributed by atoms with Crippen molar-refractivity contribution in [1.29, 1.82) is 0 Å². The average Bonchev–Trinajstić information content (AvgIpc) is 3.03. The van der Waals surface area contributed by atoms with Crippen molar-refractivity contribution in [3.05, 3.63) is 63.7 Å². The molecule has 1 N–H and O–H groups in total. The summed E-state index contributed by atoms with van der Waals surface area (Å²) in [5, 5.41) is 13.5. The number of amides is 2. The molecule has 0 unspecified atom stereocenters. The van der Waals surface area contributed by atoms with Crippen LogP contribution in [0.2, 0.25) is 0 Å². The lowest BCUT2D eigenvalue weighted by Crippen LogP contribution is -2.38. The second-order valence-corrected chi connectivity index (χ2v) is 7.56. The van der Waals surface area contributed by atoms with Gasteiger partial charge >= 0.3 is 0 Å². The maximum Gasteiger partial charge on any atom is 0.269 e. The second-order valence-electron chi connectivity index (χ2n) is 7.56. The largest absolute Gasteiger partial charge is 0.322 e. The number of nitro groups is 1. The predicted octanol–water partition coefficient (Wildman–Crippen LogP) is 3.78. The van der Waals surface area contributed by atoms with Gasteiger partial charge in [0.05, 0.1) is 4.92 Å². The minimum absolute atomic E-state index is 0.0623. The molecule has 2 aromatic rings. The SMILES string of the molecule is CC(C)(C)C(=O)N1CCc2cc(NC(=O)c3ccc([N+](=O)[O-])cc3)ccc21. The summed E-state index contributed by atoms with van der Waals surface area (Å²) < 4.78 is 0. The Morgan fingerprint density at radius 1 is 1.11 bits per heavy atom. The number of nitro benzene ring substituents is 1. The summed E-state index contributed by atoms with van der Waals surface area (Å²) in [6, 6.07) is 10.9. The van der Waals surface area contributed by atoms with E-state index in [9.17, 15) is 19.7 Å². The highest BCUT2D eigenvalue weighted by atomic mass is 16.6. The molecule has 1 aliphatic heterocycles. The Balaban J connectivity index is 1.75. The van der Waals surface area contributed by atoms with Crippen molar-refractivity contribution >= 4 is 28.9 Å². The topological polar surface area (TPSA) is 92.6 Å². The first-order valence-electron chi connectivity index (χ1n) is 8.67. The fourth-order valence-electron chi connectivity index (χ4n) is 3.03. The molecule has 0 fully saturated rings. The molecule has 3 rings (SSSR count). The molecule has 140 valence electrons. The van der Waals surface area contributed by atoms with Gasteiger partial charge in [0.2, 0.25) is 5.91 Å². The summed E-state index contributed by atoms with van der Waals surface area (Å²) in [5.41, 5.74) is 2.34. The number of hydrogen-bond acceptors (Lipinski definition) is 4. The first kappa shape index (κ1) is 18.6. The van der Waals surface area contributed by atoms with Crippen LogP contribution in [0.1, 0.15) is 36.7 Å². The van der Waals surface area contributed by atoms with Crippen molar-refractivity contribution in [3.8, 4) is 0 Å². The van der Waals surface area contributed by atoms with E-state index >= 15 is 0 Å². The fourth-order valence-corrected chi connectivity index (χ4v) is 3.03. The predicted molar refractivity (Wildman–Crippen MR) is 103 cm³/mol. The lowest BCUT2D eigenvalue weighted by Gasteiger charge is -2.26. The maximum absolute atomic E-state index is 12.6. The van der Waals surface area contributed by atoms with E-state index in [4.69, 9.17) is 0 Å². The van der Waals surface area contributed by atoms with Crippen molar-refractivity contribution in [2.45, 2.75) is 27.2 Å². The third-order valence-corrected chi connectivity index (χ3v) is 4.46. The van der Waals surface area contributed by atoms with Gasteiger partial charge in [0.1, 0.15) is 0 Å². The van der Waals surface area contributed by atoms with Crippen molar-refractivity contribution in [3.63, 3.8) is 0 Å². The highest BCUT2D eigenvalue weighted by Crippen LogP contribution is 2.33. The van der Waals surface area contributed by atoms with Gasteiger partial charge in [-0.05, 0) is 42.3 Å². The van der Waals surface area contributed by atoms with Crippen molar-refractivity contribution in [2.75, 3.05) is 16.8 Å². The second kappa shape index (κ2) is 6.83. The summed E-state index contributed by atoms with van der Waals surface area (Å²) in [7, 11) is 0. The molecule has 7 nitrogen and oxygen atoms in total. The first-order chi connectivity index (χ1) is 12.7. The zero-order valence-corrected chi connectivity index (χ0v) is 15.5. The highest BCUT2D eigenvalue weighted by Gasteiger charge is 2.32. The Bertz CT molecular complexity index is 914. The Morgan fingerprint density at radius 2 is 1.78 bits per heavy atom. The third kappa shape index (κ3) is 3.81. The van der Waals surface area contributed by atoms with Gasteiger partial charge in [0, 0.05) is 41.0 Å². The van der Waals surface area contributed by atoms with E-state index < -0.39 is 10.3 Å². The monoisotopic (exact) mass is 367 g/mol. The van der Waals surface area contributed by atoms with E-state index in [-0.39, 0.29) is 17.5 Å². The molecule has 0 atom stereocenters. The van der Waals surface area contributed by atoms with Gasteiger partial charge in [0.15, 0.2) is 0 Å². The number of anilines is 2. The van der Waals surface area contributed by atoms with Crippen LogP contribution in [0.5, 0.6) is 0 Å². The van der Waals surface area contributed by atoms with Crippen LogP contribution in [0.15, 0.2) is 42.5 Å². The molecule has 0 saturated heterocycles. The normalized spacial score (nSPS) is 13.2. The van der Waals surface area contributed by atoms with E-state index in [0.29, 0.717) is 17.8 Å². The van der Waals surface area contributed by atoms with Gasteiger partial charge in [0.25, 0.3) is 11.6 Å². The minimum atomic E-state index is -0.507. The molecule has 1 heterocycles. The number of fused-ring (bicyclic) bond motifs is 1. The smallest absolute Gasteiger partial charge is 0.269 e. The number of non-ortho nitro benzene ring substituents is 1. The molecule has 1 aliphatic rings. The van der Waals surface area contributed by atoms with Crippen molar-refractivity contribution in [1.82, 2.24) is 0 Å². The molecule has 0 saturated carbocycles. The zero-order valence-electron chi connectivity index (χ0n) is 15.5. The van der Waals surface area contributed by atoms with Crippen LogP contribution in [0, 0.1) is 15.5 Å². The van der Waals surface area contributed by atoms with Crippen LogP contribution >= 0.6 is 0 Å². The summed E-state index contributed by atoms with van der Waals surface area (Å²) in [6.45, 7) is 6.32. The summed E-state index contributed by atoms with van der Waals surface area (Å²) in [5.74, 6) is -0.269. The van der Waals surface area contributed by atoms with E-state index in [2.05, 4.69) is 5.32 Å². The van der Waals surface area contributed by atoms with Gasteiger partial charge < -0.3 is 10.2 Å². The molecule has 0 bridgehead atoms. The molecule has 0 radical (unpaired) electrons. The lowest BCUT2D eigenvalue weighted by atomic mass is 9.94. The molecule has 0 aromatic heterocycles. The molecule has 2 aromatic carbocycles. The Morgan fingerprint density at radius 3 is 2.37 bits per heavy atom. The van der Waals surface area contributed by atoms with Crippen LogP contribution in [-0.2, 0) is 11.2 Å². The van der Waals surface area contributed by atoms with Crippen LogP contribution < -0.4 is 10.2 Å². The van der Waals surface area contributed by atoms with Crippen LogP contribution in [0.25, 0.3) is 0 Å². The van der Waals surface area contributed by atoms with E-state index in [0.717, 1.165) is 17.7 Å². The van der Waals surface area contributed by atoms with E-state index in [1.54, 1.807) is 11.0 Å². The van der Waals surface area contributed by atoms with Gasteiger partial charge in [-0.1, -0.05) is 20.8 Å². The maximum atomic E-state index is 12.6. The molecular formula is C20H21N3O4. The summed E-state index contributed by atoms with van der Waals surface area (Å²) in [6.07, 6.45) is 0.735. The van der Waals surface area contributed by atoms with Crippen molar-refractivity contribution < 1.29 is 14.5 Å². The highest BCUT2D eigenvalue weighted by molar-refractivity contribution is 6.05. The number of benzene rings is 2. The van der Waals surface area contributed by atoms with Crippen molar-refractivity contribution in [2.24, 2.45) is 5.41 Å². The van der Waals surface area contributed by atoms with Crippen LogP contribution in [0.4, 0.5) is 17.1 Å². The van der Waals surface area contributed by atoms with Gasteiger partial charge in [-0.2, -0.15) is 0 Å². The number of hydrogen-bond donors (Lipinski definition) is 1. The Labute approximate surface area is 157 Å². The van der Waals surface area contributed by atoms with Gasteiger partial charge in [-0.25, -0.2) is 0 Å². The van der Waals surface area contributed by atoms with Gasteiger partial charge in [-0.15, -0.1) is 0 Å². The Hall–Kier alpha value is -3.22. The molecule has 0 spiro atoms. The van der Waals surface area contributed by atoms with E-state index in [1.165, 1.54) is 24.3 Å². The molecule has 2 amide bonds. The molecule has 0 aliphatic carbocycles. The number of rotatable bonds is 3. The number of nitrogens with zero attached hydrogens (tertiary/aromatic N) is 2. The lowest BCUT2D eigenvalue weighted by molar-refractivity contribution is -0.384. The van der Waals surface area contributed by atoms with Gasteiger partial charge in [-0.3, -0.25) is 19.7 Å². The van der Waals surface area contributed by atoms with Crippen LogP contribution in [-0.4, -0.2) is 23.3 Å². The first-order valence-corrected chi connectivity index (χ1v) is 8.67. The number of carbonyl (C=O) groups is 2. The Kier molecular flexibility index (Phi) is 4.70. The van der Waals surface area contributed by atoms with E-state index in [1.807, 2.05) is 32.9 Å². The summed E-state index contributed by atoms with van der Waals surface area (Å²) >= 11 is 0.